The summed E-state index contributed by atoms with van der Waals surface area (Å²) in [7, 11) is 3.45. The number of thioether (sulfide) groups is 1. The van der Waals surface area contributed by atoms with Gasteiger partial charge in [0.1, 0.15) is 11.5 Å². The summed E-state index contributed by atoms with van der Waals surface area (Å²) in [6, 6.07) is 17.3. The lowest BCUT2D eigenvalue weighted by molar-refractivity contribution is -0.128. The molecule has 2 amide bonds. The smallest absolute Gasteiger partial charge is 0.283 e. The monoisotopic (exact) mass is 370 g/mol. The molecule has 0 aliphatic carbocycles. The lowest BCUT2D eigenvalue weighted by Gasteiger charge is -2.25. The number of para-hydroxylation sites is 1. The Bertz CT molecular complexity index is 762. The van der Waals surface area contributed by atoms with Crippen LogP contribution in [0.15, 0.2) is 54.6 Å². The summed E-state index contributed by atoms with van der Waals surface area (Å²) in [4.78, 5) is 27.5. The highest BCUT2D eigenvalue weighted by atomic mass is 32.2. The van der Waals surface area contributed by atoms with Gasteiger partial charge in [-0.3, -0.25) is 9.59 Å². The summed E-state index contributed by atoms with van der Waals surface area (Å²) in [5, 5.41) is -0.126. The fraction of sp³-hybridized carbons (Fsp3) is 0.300. The molecular weight excluding hydrogens is 348 g/mol. The maximum absolute atomic E-state index is 12.2. The van der Waals surface area contributed by atoms with Crippen LogP contribution in [-0.4, -0.2) is 40.4 Å². The van der Waals surface area contributed by atoms with Crippen LogP contribution in [-0.2, 0) is 11.3 Å². The quantitative estimate of drug-likeness (QED) is 0.785. The van der Waals surface area contributed by atoms with Gasteiger partial charge in [0.15, 0.2) is 0 Å². The fourth-order valence-corrected chi connectivity index (χ4v) is 3.72. The average Bonchev–Trinajstić information content (AvgIpc) is 2.97. The van der Waals surface area contributed by atoms with Crippen molar-refractivity contribution >= 4 is 22.9 Å². The van der Waals surface area contributed by atoms with Gasteiger partial charge in [-0.2, -0.15) is 0 Å². The fourth-order valence-electron chi connectivity index (χ4n) is 2.73. The van der Waals surface area contributed by atoms with E-state index in [1.165, 1.54) is 11.8 Å². The van der Waals surface area contributed by atoms with Gasteiger partial charge < -0.3 is 14.5 Å². The summed E-state index contributed by atoms with van der Waals surface area (Å²) in [6.07, 6.45) is 1.20. The molecule has 1 heterocycles. The van der Waals surface area contributed by atoms with Crippen molar-refractivity contribution in [2.24, 2.45) is 0 Å². The lowest BCUT2D eigenvalue weighted by Crippen LogP contribution is -2.32. The van der Waals surface area contributed by atoms with Crippen molar-refractivity contribution in [1.29, 1.82) is 0 Å². The molecule has 1 unspecified atom stereocenters. The first kappa shape index (κ1) is 18.3. The number of likely N-dealkylation sites (tertiary alicyclic amines) is 1. The summed E-state index contributed by atoms with van der Waals surface area (Å²) in [6.45, 7) is 0.503. The van der Waals surface area contributed by atoms with E-state index >= 15 is 0 Å². The Morgan fingerprint density at radius 1 is 1.12 bits per heavy atom. The molecule has 1 aliphatic heterocycles. The van der Waals surface area contributed by atoms with Gasteiger partial charge in [-0.15, -0.1) is 0 Å². The number of hydrogen-bond acceptors (Lipinski definition) is 4. The highest BCUT2D eigenvalue weighted by molar-refractivity contribution is 8.14. The van der Waals surface area contributed by atoms with Gasteiger partial charge in [0.05, 0.1) is 5.37 Å². The maximum Gasteiger partial charge on any atom is 0.283 e. The Kier molecular flexibility index (Phi) is 5.83. The predicted molar refractivity (Wildman–Crippen MR) is 103 cm³/mol. The maximum atomic E-state index is 12.2. The Balaban J connectivity index is 1.63. The van der Waals surface area contributed by atoms with Crippen LogP contribution in [0, 0.1) is 0 Å². The zero-order chi connectivity index (χ0) is 18.5. The van der Waals surface area contributed by atoms with E-state index in [-0.39, 0.29) is 16.5 Å². The molecule has 0 spiro atoms. The van der Waals surface area contributed by atoms with Gasteiger partial charge in [0.2, 0.25) is 5.91 Å². The third-order valence-corrected chi connectivity index (χ3v) is 5.46. The molecule has 6 heteroatoms. The lowest BCUT2D eigenvalue weighted by atomic mass is 10.2. The first-order chi connectivity index (χ1) is 12.5. The normalized spacial score (nSPS) is 16.6. The number of carbonyl (C=O) groups is 2. The van der Waals surface area contributed by atoms with Crippen LogP contribution in [0.2, 0.25) is 0 Å². The molecule has 26 heavy (non-hydrogen) atoms. The van der Waals surface area contributed by atoms with Crippen LogP contribution >= 0.6 is 11.8 Å². The summed E-state index contributed by atoms with van der Waals surface area (Å²) in [5.41, 5.74) is 1.02. The van der Waals surface area contributed by atoms with Crippen LogP contribution in [0.5, 0.6) is 11.5 Å². The first-order valence-electron chi connectivity index (χ1n) is 8.52. The molecular formula is C20H22N2O3S. The molecule has 136 valence electrons. The van der Waals surface area contributed by atoms with E-state index in [1.54, 1.807) is 23.9 Å². The number of carbonyl (C=O) groups excluding carboxylic acids is 2. The minimum atomic E-state index is -0.0994. The van der Waals surface area contributed by atoms with E-state index in [4.69, 9.17) is 4.74 Å². The van der Waals surface area contributed by atoms with Gasteiger partial charge >= 0.3 is 0 Å². The van der Waals surface area contributed by atoms with E-state index in [1.807, 2.05) is 54.6 Å². The minimum absolute atomic E-state index is 0.0266. The summed E-state index contributed by atoms with van der Waals surface area (Å²) < 4.78 is 5.79. The van der Waals surface area contributed by atoms with E-state index < -0.39 is 0 Å². The van der Waals surface area contributed by atoms with E-state index in [0.29, 0.717) is 19.4 Å². The van der Waals surface area contributed by atoms with Crippen LogP contribution in [0.3, 0.4) is 0 Å². The molecule has 1 aliphatic rings. The molecule has 0 aromatic heterocycles. The average molecular weight is 370 g/mol. The topological polar surface area (TPSA) is 49.9 Å². The second kappa shape index (κ2) is 8.27. The van der Waals surface area contributed by atoms with Gasteiger partial charge in [-0.25, -0.2) is 0 Å². The number of amides is 2. The van der Waals surface area contributed by atoms with Crippen molar-refractivity contribution in [3.05, 3.63) is 60.2 Å². The molecule has 2 aromatic carbocycles. The van der Waals surface area contributed by atoms with Crippen molar-refractivity contribution < 1.29 is 14.3 Å². The Labute approximate surface area is 157 Å². The number of hydrogen-bond donors (Lipinski definition) is 0. The number of rotatable bonds is 5. The molecule has 1 saturated heterocycles. The molecule has 5 nitrogen and oxygen atoms in total. The van der Waals surface area contributed by atoms with Crippen molar-refractivity contribution in [1.82, 2.24) is 9.80 Å². The first-order valence-corrected chi connectivity index (χ1v) is 9.40. The molecule has 1 atom stereocenters. The Morgan fingerprint density at radius 3 is 2.42 bits per heavy atom. The van der Waals surface area contributed by atoms with Crippen LogP contribution in [0.4, 0.5) is 4.79 Å². The molecule has 0 saturated carbocycles. The number of ether oxygens (including phenoxy) is 1. The third-order valence-electron chi connectivity index (χ3n) is 4.13. The molecule has 0 radical (unpaired) electrons. The predicted octanol–water partition coefficient (Wildman–Crippen LogP) is 4.34. The van der Waals surface area contributed by atoms with Gasteiger partial charge in [0.25, 0.3) is 5.24 Å². The van der Waals surface area contributed by atoms with E-state index in [0.717, 1.165) is 17.1 Å². The Hall–Kier alpha value is -2.47. The van der Waals surface area contributed by atoms with Crippen molar-refractivity contribution in [2.75, 3.05) is 14.1 Å². The number of benzene rings is 2. The van der Waals surface area contributed by atoms with Gasteiger partial charge in [0, 0.05) is 27.1 Å². The van der Waals surface area contributed by atoms with Gasteiger partial charge in [-0.1, -0.05) is 30.3 Å². The molecule has 1 fully saturated rings. The van der Waals surface area contributed by atoms with Crippen LogP contribution in [0.25, 0.3) is 0 Å². The minimum Gasteiger partial charge on any atom is -0.457 e. The Morgan fingerprint density at radius 2 is 1.77 bits per heavy atom. The molecule has 3 rings (SSSR count). The standard InChI is InChI=1S/C20H22N2O3S/c1-21(2)20(24)26-19-13-12-18(23)22(19)14-15-8-10-17(11-9-15)25-16-6-4-3-5-7-16/h3-11,19H,12-14H2,1-2H3. The second-order valence-electron chi connectivity index (χ2n) is 6.35. The van der Waals surface area contributed by atoms with Crippen molar-refractivity contribution in [3.8, 4) is 11.5 Å². The highest BCUT2D eigenvalue weighted by Gasteiger charge is 2.33. The summed E-state index contributed by atoms with van der Waals surface area (Å²) in [5.74, 6) is 1.63. The van der Waals surface area contributed by atoms with Crippen LogP contribution < -0.4 is 4.74 Å². The third kappa shape index (κ3) is 4.58. The second-order valence-corrected chi connectivity index (χ2v) is 7.48. The molecule has 0 bridgehead atoms. The summed E-state index contributed by atoms with van der Waals surface area (Å²) >= 11 is 1.22. The van der Waals surface area contributed by atoms with Crippen molar-refractivity contribution in [3.63, 3.8) is 0 Å². The number of nitrogens with zero attached hydrogens (tertiary/aromatic N) is 2. The van der Waals surface area contributed by atoms with Gasteiger partial charge in [-0.05, 0) is 48.0 Å². The zero-order valence-corrected chi connectivity index (χ0v) is 15.7. The van der Waals surface area contributed by atoms with Crippen LogP contribution in [0.1, 0.15) is 18.4 Å². The largest absolute Gasteiger partial charge is 0.457 e. The van der Waals surface area contributed by atoms with Crippen molar-refractivity contribution in [2.45, 2.75) is 24.8 Å². The van der Waals surface area contributed by atoms with E-state index in [2.05, 4.69) is 0 Å². The zero-order valence-electron chi connectivity index (χ0n) is 14.9. The van der Waals surface area contributed by atoms with E-state index in [9.17, 15) is 9.59 Å². The molecule has 2 aromatic rings. The SMILES string of the molecule is CN(C)C(=O)SC1CCC(=O)N1Cc1ccc(Oc2ccccc2)cc1. The molecule has 0 N–H and O–H groups in total. The highest BCUT2D eigenvalue weighted by Crippen LogP contribution is 2.31.